The summed E-state index contributed by atoms with van der Waals surface area (Å²) in [4.78, 5) is 11.1. The molecule has 0 bridgehead atoms. The molecule has 0 atom stereocenters. The summed E-state index contributed by atoms with van der Waals surface area (Å²) in [7, 11) is 0. The number of carbonyl (C=O) groups is 1. The van der Waals surface area contributed by atoms with Crippen molar-refractivity contribution >= 4 is 5.97 Å². The van der Waals surface area contributed by atoms with E-state index in [1.165, 1.54) is 19.1 Å². The predicted molar refractivity (Wildman–Crippen MR) is 86.6 cm³/mol. The van der Waals surface area contributed by atoms with Crippen molar-refractivity contribution in [3.05, 3.63) is 58.4 Å². The summed E-state index contributed by atoms with van der Waals surface area (Å²) >= 11 is 0. The van der Waals surface area contributed by atoms with E-state index in [1.54, 1.807) is 25.1 Å². The van der Waals surface area contributed by atoms with Crippen molar-refractivity contribution in [3.8, 4) is 11.5 Å². The van der Waals surface area contributed by atoms with E-state index in [4.69, 9.17) is 9.84 Å². The maximum absolute atomic E-state index is 14.1. The first kappa shape index (κ1) is 18.5. The number of phenolic OH excluding ortho intramolecular Hbond substituents is 1. The molecule has 2 N–H and O–H groups in total. The number of carboxylic acid groups (broad SMARTS) is 1. The number of ether oxygens (including phenoxy) is 1. The van der Waals surface area contributed by atoms with Crippen molar-refractivity contribution in [2.75, 3.05) is 0 Å². The van der Waals surface area contributed by atoms with Crippen LogP contribution in [-0.2, 0) is 6.61 Å². The summed E-state index contributed by atoms with van der Waals surface area (Å²) in [6, 6.07) is 7.80. The fraction of sp³-hybridized carbons (Fsp3) is 0.278. The maximum Gasteiger partial charge on any atom is 0.336 e. The Morgan fingerprint density at radius 1 is 1.22 bits per heavy atom. The minimum Gasteiger partial charge on any atom is -0.508 e. The van der Waals surface area contributed by atoms with E-state index < -0.39 is 11.8 Å². The van der Waals surface area contributed by atoms with Crippen LogP contribution >= 0.6 is 0 Å². The van der Waals surface area contributed by atoms with Gasteiger partial charge in [0.05, 0.1) is 5.56 Å². The summed E-state index contributed by atoms with van der Waals surface area (Å²) in [6.45, 7) is 6.99. The molecule has 0 amide bonds. The number of benzene rings is 2. The quantitative estimate of drug-likeness (QED) is 0.873. The van der Waals surface area contributed by atoms with Gasteiger partial charge in [0.1, 0.15) is 12.4 Å². The molecule has 0 fully saturated rings. The second kappa shape index (κ2) is 8.17. The zero-order chi connectivity index (χ0) is 17.6. The van der Waals surface area contributed by atoms with Gasteiger partial charge in [-0.3, -0.25) is 0 Å². The van der Waals surface area contributed by atoms with Gasteiger partial charge in [-0.1, -0.05) is 32.0 Å². The van der Waals surface area contributed by atoms with E-state index in [9.17, 15) is 14.3 Å². The van der Waals surface area contributed by atoms with Gasteiger partial charge >= 0.3 is 5.97 Å². The number of halogens is 1. The van der Waals surface area contributed by atoms with E-state index in [1.807, 2.05) is 13.8 Å². The Kier molecular flexibility index (Phi) is 6.57. The number of hydrogen-bond donors (Lipinski definition) is 2. The van der Waals surface area contributed by atoms with Crippen LogP contribution in [0.5, 0.6) is 11.5 Å². The summed E-state index contributed by atoms with van der Waals surface area (Å²) in [5, 5.41) is 18.6. The Morgan fingerprint density at radius 2 is 1.83 bits per heavy atom. The number of aryl methyl sites for hydroxylation is 1. The third kappa shape index (κ3) is 4.22. The highest BCUT2D eigenvalue weighted by Crippen LogP contribution is 2.32. The molecule has 0 aliphatic heterocycles. The Balaban J connectivity index is 0.00000127. The van der Waals surface area contributed by atoms with Gasteiger partial charge in [-0.15, -0.1) is 0 Å². The number of aromatic carboxylic acids is 1. The first-order chi connectivity index (χ1) is 10.9. The highest BCUT2D eigenvalue weighted by atomic mass is 19.1. The van der Waals surface area contributed by atoms with Crippen molar-refractivity contribution in [2.45, 2.75) is 34.3 Å². The van der Waals surface area contributed by atoms with Crippen molar-refractivity contribution in [1.29, 1.82) is 0 Å². The van der Waals surface area contributed by atoms with E-state index in [-0.39, 0.29) is 29.2 Å². The molecule has 124 valence electrons. The standard InChI is InChI=1S/C16H15FO4.C2H6/c1-9-7-13(18)10(2)14(17)15(9)21-8-11-5-3-4-6-12(11)16(19)20;1-2/h3-7,18H,8H2,1-2H3,(H,19,20);1-2H3. The Hall–Kier alpha value is -2.56. The second-order valence-corrected chi connectivity index (χ2v) is 4.73. The highest BCUT2D eigenvalue weighted by molar-refractivity contribution is 5.89. The molecular weight excluding hydrogens is 299 g/mol. The van der Waals surface area contributed by atoms with Crippen LogP contribution in [0, 0.1) is 19.7 Å². The smallest absolute Gasteiger partial charge is 0.336 e. The molecule has 0 spiro atoms. The van der Waals surface area contributed by atoms with Crippen LogP contribution in [0.3, 0.4) is 0 Å². The van der Waals surface area contributed by atoms with Crippen molar-refractivity contribution in [1.82, 2.24) is 0 Å². The molecule has 0 unspecified atom stereocenters. The predicted octanol–water partition coefficient (Wildman–Crippen LogP) is 4.45. The topological polar surface area (TPSA) is 66.8 Å². The summed E-state index contributed by atoms with van der Waals surface area (Å²) in [5.74, 6) is -1.82. The monoisotopic (exact) mass is 320 g/mol. The fourth-order valence-corrected chi connectivity index (χ4v) is 2.02. The molecule has 23 heavy (non-hydrogen) atoms. The van der Waals surface area contributed by atoms with E-state index >= 15 is 0 Å². The SMILES string of the molecule is CC.Cc1cc(O)c(C)c(F)c1OCc1ccccc1C(=O)O. The zero-order valence-corrected chi connectivity index (χ0v) is 13.7. The largest absolute Gasteiger partial charge is 0.508 e. The molecule has 0 radical (unpaired) electrons. The highest BCUT2D eigenvalue weighted by Gasteiger charge is 2.16. The second-order valence-electron chi connectivity index (χ2n) is 4.73. The van der Waals surface area contributed by atoms with Gasteiger partial charge in [0, 0.05) is 11.1 Å². The molecule has 5 heteroatoms. The lowest BCUT2D eigenvalue weighted by Gasteiger charge is -2.14. The van der Waals surface area contributed by atoms with Crippen LogP contribution in [-0.4, -0.2) is 16.2 Å². The lowest BCUT2D eigenvalue weighted by Crippen LogP contribution is -2.07. The van der Waals surface area contributed by atoms with E-state index in [0.717, 1.165) is 0 Å². The van der Waals surface area contributed by atoms with Gasteiger partial charge in [0.15, 0.2) is 11.6 Å². The lowest BCUT2D eigenvalue weighted by molar-refractivity contribution is 0.0694. The molecule has 0 aliphatic rings. The van der Waals surface area contributed by atoms with Crippen LogP contribution in [0.25, 0.3) is 0 Å². The van der Waals surface area contributed by atoms with Gasteiger partial charge < -0.3 is 14.9 Å². The number of carboxylic acids is 1. The molecular formula is C18H21FO4. The first-order valence-electron chi connectivity index (χ1n) is 7.34. The van der Waals surface area contributed by atoms with Gasteiger partial charge in [-0.2, -0.15) is 0 Å². The first-order valence-corrected chi connectivity index (χ1v) is 7.34. The average Bonchev–Trinajstić information content (AvgIpc) is 2.54. The summed E-state index contributed by atoms with van der Waals surface area (Å²) in [5.41, 5.74) is 1.12. The Labute approximate surface area is 135 Å². The Morgan fingerprint density at radius 3 is 2.43 bits per heavy atom. The number of rotatable bonds is 4. The molecule has 4 nitrogen and oxygen atoms in total. The third-order valence-electron chi connectivity index (χ3n) is 3.24. The number of aromatic hydroxyl groups is 1. The van der Waals surface area contributed by atoms with Gasteiger partial charge in [0.2, 0.25) is 0 Å². The molecule has 0 saturated heterocycles. The molecule has 2 aromatic carbocycles. The van der Waals surface area contributed by atoms with Crippen LogP contribution in [0.15, 0.2) is 30.3 Å². The minimum absolute atomic E-state index is 0.0190. The molecule has 0 heterocycles. The van der Waals surface area contributed by atoms with Gasteiger partial charge in [0.25, 0.3) is 0 Å². The molecule has 2 rings (SSSR count). The van der Waals surface area contributed by atoms with Crippen molar-refractivity contribution in [3.63, 3.8) is 0 Å². The van der Waals surface area contributed by atoms with Crippen LogP contribution in [0.1, 0.15) is 40.9 Å². The number of phenols is 1. The molecule has 0 saturated carbocycles. The van der Waals surface area contributed by atoms with Gasteiger partial charge in [-0.05, 0) is 31.5 Å². The molecule has 0 aromatic heterocycles. The molecule has 2 aromatic rings. The number of hydrogen-bond acceptors (Lipinski definition) is 3. The minimum atomic E-state index is -1.06. The van der Waals surface area contributed by atoms with E-state index in [0.29, 0.717) is 11.1 Å². The fourth-order valence-electron chi connectivity index (χ4n) is 2.02. The Bertz CT molecular complexity index is 696. The normalized spacial score (nSPS) is 9.78. The average molecular weight is 320 g/mol. The third-order valence-corrected chi connectivity index (χ3v) is 3.24. The van der Waals surface area contributed by atoms with E-state index in [2.05, 4.69) is 0 Å². The lowest BCUT2D eigenvalue weighted by atomic mass is 10.1. The zero-order valence-electron chi connectivity index (χ0n) is 13.7. The van der Waals surface area contributed by atoms with Crippen LogP contribution in [0.2, 0.25) is 0 Å². The summed E-state index contributed by atoms with van der Waals surface area (Å²) in [6.07, 6.45) is 0. The van der Waals surface area contributed by atoms with Crippen LogP contribution in [0.4, 0.5) is 4.39 Å². The molecule has 0 aliphatic carbocycles. The van der Waals surface area contributed by atoms with Crippen molar-refractivity contribution in [2.24, 2.45) is 0 Å². The van der Waals surface area contributed by atoms with Gasteiger partial charge in [-0.25, -0.2) is 9.18 Å². The van der Waals surface area contributed by atoms with Crippen LogP contribution < -0.4 is 4.74 Å². The van der Waals surface area contributed by atoms with Crippen molar-refractivity contribution < 1.29 is 24.1 Å². The summed E-state index contributed by atoms with van der Waals surface area (Å²) < 4.78 is 19.5. The maximum atomic E-state index is 14.1.